The van der Waals surface area contributed by atoms with Crippen molar-refractivity contribution in [1.29, 1.82) is 0 Å². The van der Waals surface area contributed by atoms with Crippen LogP contribution in [0, 0.1) is 0 Å². The number of aryl methyl sites for hydroxylation is 1. The zero-order valence-corrected chi connectivity index (χ0v) is 12.4. The van der Waals surface area contributed by atoms with Gasteiger partial charge in [0, 0.05) is 19.6 Å². The molecule has 2 heteroatoms. The molecule has 0 aliphatic rings. The lowest BCUT2D eigenvalue weighted by Gasteiger charge is -2.21. The van der Waals surface area contributed by atoms with E-state index in [2.05, 4.69) is 62.0 Å². The van der Waals surface area contributed by atoms with Crippen molar-refractivity contribution in [3.05, 3.63) is 35.4 Å². The van der Waals surface area contributed by atoms with Gasteiger partial charge in [0.1, 0.15) is 0 Å². The Balaban J connectivity index is 2.32. The van der Waals surface area contributed by atoms with E-state index in [-0.39, 0.29) is 0 Å². The number of hydrogen-bond acceptors (Lipinski definition) is 2. The Labute approximate surface area is 113 Å². The molecule has 18 heavy (non-hydrogen) atoms. The van der Waals surface area contributed by atoms with Crippen LogP contribution in [0.5, 0.6) is 0 Å². The quantitative estimate of drug-likeness (QED) is 0.698. The summed E-state index contributed by atoms with van der Waals surface area (Å²) in [6.07, 6.45) is 2.36. The molecule has 0 aromatic heterocycles. The molecule has 102 valence electrons. The third-order valence-electron chi connectivity index (χ3n) is 3.35. The van der Waals surface area contributed by atoms with Gasteiger partial charge in [-0.25, -0.2) is 0 Å². The van der Waals surface area contributed by atoms with Gasteiger partial charge in [-0.2, -0.15) is 0 Å². The predicted molar refractivity (Wildman–Crippen MR) is 79.9 cm³/mol. The first-order valence-electron chi connectivity index (χ1n) is 7.10. The van der Waals surface area contributed by atoms with E-state index in [9.17, 15) is 0 Å². The average Bonchev–Trinajstić information content (AvgIpc) is 2.38. The first kappa shape index (κ1) is 15.2. The highest BCUT2D eigenvalue weighted by atomic mass is 15.2. The van der Waals surface area contributed by atoms with E-state index in [1.165, 1.54) is 24.1 Å². The summed E-state index contributed by atoms with van der Waals surface area (Å²) in [5.41, 5.74) is 2.83. The van der Waals surface area contributed by atoms with Crippen LogP contribution < -0.4 is 0 Å². The lowest BCUT2D eigenvalue weighted by Crippen LogP contribution is -2.30. The van der Waals surface area contributed by atoms with Gasteiger partial charge in [0.2, 0.25) is 0 Å². The SMILES string of the molecule is CCCN(C)CCN(C)Cc1ccc(CC)cc1. The van der Waals surface area contributed by atoms with Gasteiger partial charge < -0.3 is 9.80 Å². The number of hydrogen-bond donors (Lipinski definition) is 0. The molecule has 2 nitrogen and oxygen atoms in total. The maximum Gasteiger partial charge on any atom is 0.0231 e. The smallest absolute Gasteiger partial charge is 0.0231 e. The summed E-state index contributed by atoms with van der Waals surface area (Å²) in [5.74, 6) is 0. The monoisotopic (exact) mass is 248 g/mol. The molecule has 0 aliphatic carbocycles. The van der Waals surface area contributed by atoms with E-state index in [0.29, 0.717) is 0 Å². The van der Waals surface area contributed by atoms with Gasteiger partial charge in [-0.15, -0.1) is 0 Å². The summed E-state index contributed by atoms with van der Waals surface area (Å²) in [4.78, 5) is 4.80. The lowest BCUT2D eigenvalue weighted by molar-refractivity contribution is 0.252. The molecule has 0 atom stereocenters. The van der Waals surface area contributed by atoms with E-state index >= 15 is 0 Å². The zero-order chi connectivity index (χ0) is 13.4. The van der Waals surface area contributed by atoms with Crippen LogP contribution in [0.15, 0.2) is 24.3 Å². The molecule has 0 heterocycles. The minimum atomic E-state index is 1.05. The predicted octanol–water partition coefficient (Wildman–Crippen LogP) is 3.02. The molecule has 1 aromatic rings. The van der Waals surface area contributed by atoms with Crippen molar-refractivity contribution >= 4 is 0 Å². The molecular formula is C16H28N2. The Bertz CT molecular complexity index is 318. The van der Waals surface area contributed by atoms with Crippen LogP contribution in [-0.2, 0) is 13.0 Å². The Morgan fingerprint density at radius 2 is 1.33 bits per heavy atom. The molecule has 1 rings (SSSR count). The van der Waals surface area contributed by atoms with Crippen molar-refractivity contribution < 1.29 is 0 Å². The molecule has 0 saturated heterocycles. The molecule has 1 aromatic carbocycles. The van der Waals surface area contributed by atoms with Gasteiger partial charge in [-0.1, -0.05) is 38.1 Å². The summed E-state index contributed by atoms with van der Waals surface area (Å²) in [6, 6.07) is 8.99. The number of nitrogens with zero attached hydrogens (tertiary/aromatic N) is 2. The first-order valence-corrected chi connectivity index (χ1v) is 7.10. The van der Waals surface area contributed by atoms with Gasteiger partial charge in [0.25, 0.3) is 0 Å². The van der Waals surface area contributed by atoms with Crippen molar-refractivity contribution in [3.8, 4) is 0 Å². The van der Waals surface area contributed by atoms with E-state index in [1.807, 2.05) is 0 Å². The molecule has 0 spiro atoms. The highest BCUT2D eigenvalue weighted by Crippen LogP contribution is 2.07. The van der Waals surface area contributed by atoms with Gasteiger partial charge in [0.15, 0.2) is 0 Å². The molecule has 0 aliphatic heterocycles. The molecule has 0 N–H and O–H groups in total. The molecule has 0 fully saturated rings. The van der Waals surface area contributed by atoms with E-state index < -0.39 is 0 Å². The van der Waals surface area contributed by atoms with Gasteiger partial charge in [-0.3, -0.25) is 0 Å². The average molecular weight is 248 g/mol. The Morgan fingerprint density at radius 1 is 0.778 bits per heavy atom. The van der Waals surface area contributed by atoms with Crippen LogP contribution in [0.1, 0.15) is 31.4 Å². The van der Waals surface area contributed by atoms with Crippen molar-refractivity contribution in [3.63, 3.8) is 0 Å². The summed E-state index contributed by atoms with van der Waals surface area (Å²) < 4.78 is 0. The largest absolute Gasteiger partial charge is 0.305 e. The lowest BCUT2D eigenvalue weighted by atomic mass is 10.1. The van der Waals surface area contributed by atoms with Crippen molar-refractivity contribution in [1.82, 2.24) is 9.80 Å². The van der Waals surface area contributed by atoms with Crippen molar-refractivity contribution in [2.75, 3.05) is 33.7 Å². The fourth-order valence-electron chi connectivity index (χ4n) is 2.11. The van der Waals surface area contributed by atoms with Crippen LogP contribution in [0.4, 0.5) is 0 Å². The summed E-state index contributed by atoms with van der Waals surface area (Å²) in [6.45, 7) is 8.95. The molecule has 0 radical (unpaired) electrons. The third-order valence-corrected chi connectivity index (χ3v) is 3.35. The zero-order valence-electron chi connectivity index (χ0n) is 12.4. The van der Waals surface area contributed by atoms with Gasteiger partial charge in [0.05, 0.1) is 0 Å². The molecular weight excluding hydrogens is 220 g/mol. The van der Waals surface area contributed by atoms with E-state index in [4.69, 9.17) is 0 Å². The standard InChI is InChI=1S/C16H28N2/c1-5-11-17(3)12-13-18(4)14-16-9-7-15(6-2)8-10-16/h7-10H,5-6,11-14H2,1-4H3. The van der Waals surface area contributed by atoms with E-state index in [0.717, 1.165) is 26.1 Å². The normalized spacial score (nSPS) is 11.4. The van der Waals surface area contributed by atoms with Crippen molar-refractivity contribution in [2.45, 2.75) is 33.2 Å². The maximum atomic E-state index is 2.40. The second-order valence-corrected chi connectivity index (χ2v) is 5.21. The Kier molecular flexibility index (Phi) is 6.99. The third kappa shape index (κ3) is 5.65. The maximum absolute atomic E-state index is 2.40. The highest BCUT2D eigenvalue weighted by molar-refractivity contribution is 5.22. The molecule has 0 saturated carbocycles. The van der Waals surface area contributed by atoms with Crippen LogP contribution in [0.2, 0.25) is 0 Å². The molecule has 0 amide bonds. The van der Waals surface area contributed by atoms with Gasteiger partial charge >= 0.3 is 0 Å². The fourth-order valence-corrected chi connectivity index (χ4v) is 2.11. The first-order chi connectivity index (χ1) is 8.65. The Morgan fingerprint density at radius 3 is 1.89 bits per heavy atom. The van der Waals surface area contributed by atoms with Crippen molar-refractivity contribution in [2.24, 2.45) is 0 Å². The van der Waals surface area contributed by atoms with Crippen LogP contribution in [0.3, 0.4) is 0 Å². The minimum absolute atomic E-state index is 1.05. The van der Waals surface area contributed by atoms with E-state index in [1.54, 1.807) is 0 Å². The second kappa shape index (κ2) is 8.28. The van der Waals surface area contributed by atoms with Gasteiger partial charge in [-0.05, 0) is 44.6 Å². The summed E-state index contributed by atoms with van der Waals surface area (Å²) in [7, 11) is 4.40. The second-order valence-electron chi connectivity index (χ2n) is 5.21. The summed E-state index contributed by atoms with van der Waals surface area (Å²) >= 11 is 0. The van der Waals surface area contributed by atoms with Crippen LogP contribution in [0.25, 0.3) is 0 Å². The Hall–Kier alpha value is -0.860. The summed E-state index contributed by atoms with van der Waals surface area (Å²) in [5, 5.41) is 0. The topological polar surface area (TPSA) is 6.48 Å². The number of benzene rings is 1. The fraction of sp³-hybridized carbons (Fsp3) is 0.625. The number of rotatable bonds is 8. The van der Waals surface area contributed by atoms with Crippen LogP contribution in [-0.4, -0.2) is 43.5 Å². The highest BCUT2D eigenvalue weighted by Gasteiger charge is 2.02. The molecule has 0 unspecified atom stereocenters. The minimum Gasteiger partial charge on any atom is -0.305 e. The molecule has 0 bridgehead atoms. The van der Waals surface area contributed by atoms with Crippen LogP contribution >= 0.6 is 0 Å². The number of likely N-dealkylation sites (N-methyl/N-ethyl adjacent to an activating group) is 2.